The Morgan fingerprint density at radius 3 is 2.57 bits per heavy atom. The largest absolute Gasteiger partial charge is 0.445 e. The van der Waals surface area contributed by atoms with Crippen molar-refractivity contribution in [3.05, 3.63) is 46.6 Å². The minimum atomic E-state index is -0.256. The van der Waals surface area contributed by atoms with Crippen LogP contribution in [0.1, 0.15) is 41.6 Å². The number of aromatic nitrogens is 2. The number of anilines is 1. The molecule has 30 heavy (non-hydrogen) atoms. The summed E-state index contributed by atoms with van der Waals surface area (Å²) in [6.45, 7) is 8.71. The smallest absolute Gasteiger partial charge is 0.410 e. The number of aryl methyl sites for hydroxylation is 3. The molecule has 2 aliphatic heterocycles. The number of carbonyl (C=O) groups is 1. The second kappa shape index (κ2) is 9.08. The maximum Gasteiger partial charge on any atom is 0.410 e. The van der Waals surface area contributed by atoms with E-state index in [1.165, 1.54) is 11.1 Å². The Morgan fingerprint density at radius 2 is 1.83 bits per heavy atom. The highest BCUT2D eigenvalue weighted by molar-refractivity contribution is 5.67. The van der Waals surface area contributed by atoms with Gasteiger partial charge in [0.15, 0.2) is 0 Å². The van der Waals surface area contributed by atoms with Gasteiger partial charge in [0.05, 0.1) is 12.2 Å². The van der Waals surface area contributed by atoms with Gasteiger partial charge in [0.25, 0.3) is 0 Å². The average Bonchev–Trinajstić information content (AvgIpc) is 2.96. The zero-order valence-electron chi connectivity index (χ0n) is 18.4. The first kappa shape index (κ1) is 20.7. The van der Waals surface area contributed by atoms with E-state index in [0.717, 1.165) is 56.0 Å². The Kier molecular flexibility index (Phi) is 6.27. The normalized spacial score (nSPS) is 18.0. The van der Waals surface area contributed by atoms with E-state index in [-0.39, 0.29) is 6.09 Å². The van der Waals surface area contributed by atoms with Gasteiger partial charge in [-0.1, -0.05) is 29.3 Å². The predicted molar refractivity (Wildman–Crippen MR) is 117 cm³/mol. The Balaban J connectivity index is 1.35. The summed E-state index contributed by atoms with van der Waals surface area (Å²) in [4.78, 5) is 16.9. The molecule has 7 heteroatoms. The Labute approximate surface area is 179 Å². The Morgan fingerprint density at radius 1 is 1.10 bits per heavy atom. The third-order valence-corrected chi connectivity index (χ3v) is 5.99. The highest BCUT2D eigenvalue weighted by atomic mass is 16.6. The molecule has 1 aromatic carbocycles. The summed E-state index contributed by atoms with van der Waals surface area (Å²) in [6, 6.07) is 8.82. The number of hydrogen-bond acceptors (Lipinski definition) is 5. The van der Waals surface area contributed by atoms with Crippen molar-refractivity contribution < 1.29 is 9.53 Å². The van der Waals surface area contributed by atoms with Gasteiger partial charge in [0, 0.05) is 25.2 Å². The van der Waals surface area contributed by atoms with Crippen LogP contribution in [0.2, 0.25) is 0 Å². The topological polar surface area (TPSA) is 62.6 Å². The monoisotopic (exact) mass is 411 g/mol. The third-order valence-electron chi connectivity index (χ3n) is 5.99. The number of ether oxygens (including phenoxy) is 1. The summed E-state index contributed by atoms with van der Waals surface area (Å²) in [5.41, 5.74) is 4.46. The SMILES string of the molecule is Cc1cc(C)cc(COC(=O)N2CCCn3nc(NC4CCN(C)CC4)cc3C2)c1. The van der Waals surface area contributed by atoms with E-state index in [2.05, 4.69) is 55.4 Å². The molecule has 1 amide bonds. The van der Waals surface area contributed by atoms with Crippen molar-refractivity contribution in [1.82, 2.24) is 19.6 Å². The fraction of sp³-hybridized carbons (Fsp3) is 0.565. The van der Waals surface area contributed by atoms with Crippen LogP contribution in [0.15, 0.2) is 24.3 Å². The van der Waals surface area contributed by atoms with Crippen LogP contribution in [0.4, 0.5) is 10.6 Å². The van der Waals surface area contributed by atoms with Gasteiger partial charge in [-0.25, -0.2) is 4.79 Å². The number of rotatable bonds is 4. The highest BCUT2D eigenvalue weighted by Gasteiger charge is 2.23. The summed E-state index contributed by atoms with van der Waals surface area (Å²) >= 11 is 0. The summed E-state index contributed by atoms with van der Waals surface area (Å²) in [5, 5.41) is 8.33. The first-order chi connectivity index (χ1) is 14.5. The second-order valence-corrected chi connectivity index (χ2v) is 8.79. The maximum atomic E-state index is 12.7. The molecule has 4 rings (SSSR count). The first-order valence-corrected chi connectivity index (χ1v) is 11.0. The lowest BCUT2D eigenvalue weighted by Crippen LogP contribution is -2.36. The molecule has 1 saturated heterocycles. The van der Waals surface area contributed by atoms with Gasteiger partial charge in [0.2, 0.25) is 0 Å². The number of piperidine rings is 1. The standard InChI is InChI=1S/C23H33N5O2/c1-17-11-18(2)13-19(12-17)16-30-23(29)27-7-4-8-28-21(15-27)14-22(25-28)24-20-5-9-26(3)10-6-20/h11-14,20H,4-10,15-16H2,1-3H3,(H,24,25). The maximum absolute atomic E-state index is 12.7. The van der Waals surface area contributed by atoms with Crippen molar-refractivity contribution in [2.75, 3.05) is 32.0 Å². The van der Waals surface area contributed by atoms with Gasteiger partial charge in [-0.2, -0.15) is 5.10 Å². The van der Waals surface area contributed by atoms with Gasteiger partial charge >= 0.3 is 6.09 Å². The molecular weight excluding hydrogens is 378 g/mol. The molecule has 7 nitrogen and oxygen atoms in total. The van der Waals surface area contributed by atoms with E-state index in [0.29, 0.717) is 25.7 Å². The predicted octanol–water partition coefficient (Wildman–Crippen LogP) is 3.55. The lowest BCUT2D eigenvalue weighted by Gasteiger charge is -2.29. The Hall–Kier alpha value is -2.54. The molecule has 162 valence electrons. The van der Waals surface area contributed by atoms with Crippen molar-refractivity contribution in [2.45, 2.75) is 58.8 Å². The molecule has 3 heterocycles. The molecular formula is C23H33N5O2. The quantitative estimate of drug-likeness (QED) is 0.834. The third kappa shape index (κ3) is 5.14. The van der Waals surface area contributed by atoms with Crippen molar-refractivity contribution in [2.24, 2.45) is 0 Å². The zero-order chi connectivity index (χ0) is 21.1. The minimum absolute atomic E-state index is 0.256. The molecule has 1 aromatic heterocycles. The second-order valence-electron chi connectivity index (χ2n) is 8.79. The molecule has 0 bridgehead atoms. The molecule has 0 unspecified atom stereocenters. The van der Waals surface area contributed by atoms with Crippen molar-refractivity contribution >= 4 is 11.9 Å². The highest BCUT2D eigenvalue weighted by Crippen LogP contribution is 2.20. The summed E-state index contributed by atoms with van der Waals surface area (Å²) < 4.78 is 7.66. The fourth-order valence-corrected chi connectivity index (χ4v) is 4.44. The van der Waals surface area contributed by atoms with Crippen LogP contribution in [0, 0.1) is 13.8 Å². The van der Waals surface area contributed by atoms with E-state index in [1.54, 1.807) is 4.90 Å². The molecule has 1 fully saturated rings. The van der Waals surface area contributed by atoms with Gasteiger partial charge in [0.1, 0.15) is 12.4 Å². The van der Waals surface area contributed by atoms with Crippen LogP contribution < -0.4 is 5.32 Å². The number of hydrogen-bond donors (Lipinski definition) is 1. The number of carbonyl (C=O) groups excluding carboxylic acids is 1. The van der Waals surface area contributed by atoms with Crippen LogP contribution in [0.3, 0.4) is 0 Å². The van der Waals surface area contributed by atoms with Crippen LogP contribution in [-0.2, 0) is 24.4 Å². The number of benzene rings is 1. The molecule has 0 spiro atoms. The van der Waals surface area contributed by atoms with Gasteiger partial charge < -0.3 is 19.9 Å². The molecule has 0 saturated carbocycles. The average molecular weight is 412 g/mol. The minimum Gasteiger partial charge on any atom is -0.445 e. The van der Waals surface area contributed by atoms with Crippen molar-refractivity contribution in [3.8, 4) is 0 Å². The lowest BCUT2D eigenvalue weighted by molar-refractivity contribution is 0.0942. The van der Waals surface area contributed by atoms with Crippen LogP contribution >= 0.6 is 0 Å². The van der Waals surface area contributed by atoms with Gasteiger partial charge in [-0.15, -0.1) is 0 Å². The van der Waals surface area contributed by atoms with E-state index in [1.807, 2.05) is 4.68 Å². The van der Waals surface area contributed by atoms with E-state index >= 15 is 0 Å². The number of nitrogens with one attached hydrogen (secondary N) is 1. The fourth-order valence-electron chi connectivity index (χ4n) is 4.44. The summed E-state index contributed by atoms with van der Waals surface area (Å²) in [6.07, 6.45) is 2.89. The first-order valence-electron chi connectivity index (χ1n) is 11.0. The van der Waals surface area contributed by atoms with Crippen LogP contribution in [0.5, 0.6) is 0 Å². The molecule has 1 N–H and O–H groups in total. The number of likely N-dealkylation sites (tertiary alicyclic amines) is 1. The van der Waals surface area contributed by atoms with E-state index in [9.17, 15) is 4.79 Å². The lowest BCUT2D eigenvalue weighted by atomic mass is 10.1. The zero-order valence-corrected chi connectivity index (χ0v) is 18.4. The molecule has 2 aliphatic rings. The Bertz CT molecular complexity index is 865. The van der Waals surface area contributed by atoms with E-state index in [4.69, 9.17) is 9.84 Å². The van der Waals surface area contributed by atoms with Crippen molar-refractivity contribution in [3.63, 3.8) is 0 Å². The summed E-state index contributed by atoms with van der Waals surface area (Å²) in [7, 11) is 2.17. The van der Waals surface area contributed by atoms with E-state index < -0.39 is 0 Å². The number of fused-ring (bicyclic) bond motifs is 1. The molecule has 2 aromatic rings. The van der Waals surface area contributed by atoms with Gasteiger partial charge in [-0.3, -0.25) is 4.68 Å². The van der Waals surface area contributed by atoms with Gasteiger partial charge in [-0.05, 0) is 58.8 Å². The molecule has 0 atom stereocenters. The summed E-state index contributed by atoms with van der Waals surface area (Å²) in [5.74, 6) is 0.921. The molecule has 0 radical (unpaired) electrons. The number of amides is 1. The van der Waals surface area contributed by atoms with Crippen molar-refractivity contribution in [1.29, 1.82) is 0 Å². The van der Waals surface area contributed by atoms with Crippen LogP contribution in [-0.4, -0.2) is 58.4 Å². The number of nitrogens with zero attached hydrogens (tertiary/aromatic N) is 4. The molecule has 0 aliphatic carbocycles. The van der Waals surface area contributed by atoms with Crippen LogP contribution in [0.25, 0.3) is 0 Å².